The van der Waals surface area contributed by atoms with Crippen molar-refractivity contribution < 1.29 is 14.6 Å². The highest BCUT2D eigenvalue weighted by Gasteiger charge is 2.18. The van der Waals surface area contributed by atoms with Crippen molar-refractivity contribution in [3.63, 3.8) is 0 Å². The van der Waals surface area contributed by atoms with E-state index in [-0.39, 0.29) is 5.15 Å². The van der Waals surface area contributed by atoms with Gasteiger partial charge < -0.3 is 24.3 Å². The second-order valence-corrected chi connectivity index (χ2v) is 12.1. The molecule has 0 aliphatic carbocycles. The Kier molecular flexibility index (Phi) is 12.2. The minimum atomic E-state index is -0.803. The van der Waals surface area contributed by atoms with Crippen LogP contribution in [0.3, 0.4) is 0 Å². The number of aromatic nitrogens is 5. The predicted molar refractivity (Wildman–Crippen MR) is 172 cm³/mol. The second-order valence-electron chi connectivity index (χ2n) is 10.3. The lowest BCUT2D eigenvalue weighted by atomic mass is 9.96. The number of ether oxygens (including phenoxy) is 1. The lowest BCUT2D eigenvalue weighted by molar-refractivity contribution is -0.138. The van der Waals surface area contributed by atoms with E-state index >= 15 is 0 Å². The number of anilines is 1. The minimum Gasteiger partial charge on any atom is -0.493 e. The van der Waals surface area contributed by atoms with Crippen LogP contribution in [0.4, 0.5) is 5.69 Å². The normalized spacial score (nSPS) is 11.9. The maximum atomic E-state index is 11.5. The second kappa shape index (κ2) is 16.0. The van der Waals surface area contributed by atoms with Gasteiger partial charge in [0.15, 0.2) is 16.1 Å². The molecule has 2 aromatic heterocycles. The third-order valence-corrected chi connectivity index (χ3v) is 9.02. The molecule has 1 atom stereocenters. The van der Waals surface area contributed by atoms with Crippen LogP contribution in [0.5, 0.6) is 5.75 Å². The molecule has 0 aliphatic rings. The number of hydrogen-bond acceptors (Lipinski definition) is 7. The molecular weight excluding hydrogens is 607 g/mol. The Morgan fingerprint density at radius 2 is 1.84 bits per heavy atom. The number of aliphatic carboxylic acids is 1. The molecule has 2 heterocycles. The fourth-order valence-corrected chi connectivity index (χ4v) is 5.77. The van der Waals surface area contributed by atoms with Crippen LogP contribution in [0.25, 0.3) is 0 Å². The van der Waals surface area contributed by atoms with Gasteiger partial charge in [0.05, 0.1) is 25.4 Å². The van der Waals surface area contributed by atoms with E-state index in [0.717, 1.165) is 51.3 Å². The molecule has 0 fully saturated rings. The largest absolute Gasteiger partial charge is 0.493 e. The number of carboxylic acid groups (broad SMARTS) is 1. The molecule has 0 spiro atoms. The number of nitrogens with zero attached hydrogens (tertiary/aromatic N) is 5. The van der Waals surface area contributed by atoms with E-state index in [2.05, 4.69) is 45.6 Å². The highest BCUT2D eigenvalue weighted by Crippen LogP contribution is 2.32. The Morgan fingerprint density at radius 1 is 1.07 bits per heavy atom. The standard InChI is InChI=1S/C31H38Cl2N6O3S/c1-4-6-7-8-9-16-42-26-17-24(43-31-37-36-27(38(31)3)19-39-20-35-28(32)29(39)33)15-12-22(26)18-34-23-13-10-21(11-14-23)25(5-2)30(40)41/h10-15,17,20,25,34H,4-9,16,18-19H2,1-3H3,(H,40,41). The van der Waals surface area contributed by atoms with Gasteiger partial charge in [-0.1, -0.05) is 80.9 Å². The Labute approximate surface area is 267 Å². The summed E-state index contributed by atoms with van der Waals surface area (Å²) in [5, 5.41) is 23.0. The predicted octanol–water partition coefficient (Wildman–Crippen LogP) is 8.06. The number of nitrogens with one attached hydrogen (secondary N) is 1. The Bertz CT molecular complexity index is 1490. The first-order chi connectivity index (χ1) is 20.8. The highest BCUT2D eigenvalue weighted by atomic mass is 35.5. The van der Waals surface area contributed by atoms with Crippen LogP contribution < -0.4 is 10.1 Å². The zero-order valence-electron chi connectivity index (χ0n) is 24.7. The fraction of sp³-hybridized carbons (Fsp3) is 0.419. The van der Waals surface area contributed by atoms with Gasteiger partial charge in [-0.2, -0.15) is 0 Å². The van der Waals surface area contributed by atoms with Crippen molar-refractivity contribution >= 4 is 46.6 Å². The number of hydrogen-bond donors (Lipinski definition) is 2. The summed E-state index contributed by atoms with van der Waals surface area (Å²) in [6.07, 6.45) is 7.94. The summed E-state index contributed by atoms with van der Waals surface area (Å²) >= 11 is 13.7. The number of halogens is 2. The molecule has 2 aromatic carbocycles. The van der Waals surface area contributed by atoms with Gasteiger partial charge in [0.2, 0.25) is 0 Å². The molecule has 230 valence electrons. The summed E-state index contributed by atoms with van der Waals surface area (Å²) in [6.45, 7) is 5.71. The molecule has 12 heteroatoms. The highest BCUT2D eigenvalue weighted by molar-refractivity contribution is 7.99. The van der Waals surface area contributed by atoms with Crippen LogP contribution >= 0.6 is 35.0 Å². The summed E-state index contributed by atoms with van der Waals surface area (Å²) in [4.78, 5) is 16.5. The number of imidazole rings is 1. The van der Waals surface area contributed by atoms with Crippen molar-refractivity contribution in [3.8, 4) is 5.75 Å². The zero-order valence-corrected chi connectivity index (χ0v) is 27.1. The van der Waals surface area contributed by atoms with E-state index in [1.807, 2.05) is 42.8 Å². The van der Waals surface area contributed by atoms with Crippen molar-refractivity contribution in [1.82, 2.24) is 24.3 Å². The average Bonchev–Trinajstić information content (AvgIpc) is 3.51. The molecule has 4 aromatic rings. The molecule has 2 N–H and O–H groups in total. The molecule has 1 unspecified atom stereocenters. The maximum absolute atomic E-state index is 11.5. The Balaban J connectivity index is 1.46. The quantitative estimate of drug-likeness (QED) is 0.111. The summed E-state index contributed by atoms with van der Waals surface area (Å²) in [6, 6.07) is 13.8. The Hall–Kier alpha value is -3.21. The molecule has 0 radical (unpaired) electrons. The molecule has 0 saturated heterocycles. The lowest BCUT2D eigenvalue weighted by Gasteiger charge is -2.15. The monoisotopic (exact) mass is 644 g/mol. The van der Waals surface area contributed by atoms with E-state index in [4.69, 9.17) is 27.9 Å². The topological polar surface area (TPSA) is 107 Å². The first-order valence-corrected chi connectivity index (χ1v) is 16.1. The first kappa shape index (κ1) is 32.7. The number of rotatable bonds is 17. The van der Waals surface area contributed by atoms with E-state index in [1.165, 1.54) is 31.0 Å². The van der Waals surface area contributed by atoms with Gasteiger partial charge >= 0.3 is 5.97 Å². The molecule has 9 nitrogen and oxygen atoms in total. The third kappa shape index (κ3) is 8.90. The van der Waals surface area contributed by atoms with E-state index in [0.29, 0.717) is 31.3 Å². The SMILES string of the molecule is CCCCCCCOc1cc(Sc2nnc(Cn3cnc(Cl)c3Cl)n2C)ccc1CNc1ccc(C(CC)C(=O)O)cc1. The van der Waals surface area contributed by atoms with Gasteiger partial charge in [0.25, 0.3) is 0 Å². The first-order valence-electron chi connectivity index (χ1n) is 14.5. The molecule has 0 amide bonds. The number of carboxylic acids is 1. The smallest absolute Gasteiger partial charge is 0.310 e. The van der Waals surface area contributed by atoms with Crippen LogP contribution in [-0.2, 0) is 24.9 Å². The van der Waals surface area contributed by atoms with E-state index in [1.54, 1.807) is 10.9 Å². The Morgan fingerprint density at radius 3 is 2.51 bits per heavy atom. The maximum Gasteiger partial charge on any atom is 0.310 e. The van der Waals surface area contributed by atoms with E-state index in [9.17, 15) is 9.90 Å². The molecular formula is C31H38Cl2N6O3S. The van der Waals surface area contributed by atoms with Gasteiger partial charge in [-0.15, -0.1) is 10.2 Å². The van der Waals surface area contributed by atoms with Crippen molar-refractivity contribution in [1.29, 1.82) is 0 Å². The molecule has 4 rings (SSSR count). The van der Waals surface area contributed by atoms with Crippen LogP contribution in [0, 0.1) is 0 Å². The fourth-order valence-electron chi connectivity index (χ4n) is 4.63. The van der Waals surface area contributed by atoms with Crippen molar-refractivity contribution in [2.75, 3.05) is 11.9 Å². The third-order valence-electron chi connectivity index (χ3n) is 7.23. The van der Waals surface area contributed by atoms with Gasteiger partial charge in [-0.3, -0.25) is 4.79 Å². The summed E-state index contributed by atoms with van der Waals surface area (Å²) in [5.74, 6) is 0.248. The zero-order chi connectivity index (χ0) is 30.8. The molecule has 0 bridgehead atoms. The van der Waals surface area contributed by atoms with Gasteiger partial charge in [-0.25, -0.2) is 4.98 Å². The van der Waals surface area contributed by atoms with Crippen LogP contribution in [0.1, 0.15) is 75.2 Å². The van der Waals surface area contributed by atoms with Crippen LogP contribution in [0.2, 0.25) is 10.3 Å². The average molecular weight is 646 g/mol. The van der Waals surface area contributed by atoms with Crippen molar-refractivity contribution in [2.24, 2.45) is 7.05 Å². The van der Waals surface area contributed by atoms with Crippen LogP contribution in [-0.4, -0.2) is 42.0 Å². The van der Waals surface area contributed by atoms with E-state index < -0.39 is 11.9 Å². The van der Waals surface area contributed by atoms with Gasteiger partial charge in [0.1, 0.15) is 10.9 Å². The summed E-state index contributed by atoms with van der Waals surface area (Å²) in [7, 11) is 1.92. The van der Waals surface area contributed by atoms with Crippen molar-refractivity contribution in [3.05, 3.63) is 76.0 Å². The molecule has 0 saturated carbocycles. The van der Waals surface area contributed by atoms with Crippen molar-refractivity contribution in [2.45, 2.75) is 81.4 Å². The summed E-state index contributed by atoms with van der Waals surface area (Å²) < 4.78 is 9.95. The lowest BCUT2D eigenvalue weighted by Crippen LogP contribution is -2.10. The van der Waals surface area contributed by atoms with Crippen LogP contribution in [0.15, 0.2) is 58.8 Å². The number of benzene rings is 2. The van der Waals surface area contributed by atoms with Gasteiger partial charge in [-0.05, 0) is 54.4 Å². The summed E-state index contributed by atoms with van der Waals surface area (Å²) in [5.41, 5.74) is 2.75. The minimum absolute atomic E-state index is 0.256. The molecule has 0 aliphatic heterocycles. The number of carbonyl (C=O) groups is 1. The number of unbranched alkanes of at least 4 members (excludes halogenated alkanes) is 4. The molecule has 43 heavy (non-hydrogen) atoms. The van der Waals surface area contributed by atoms with Gasteiger partial charge in [0, 0.05) is 29.7 Å².